The highest BCUT2D eigenvalue weighted by Crippen LogP contribution is 2.48. The molecule has 0 radical (unpaired) electrons. The number of thioether (sulfide) groups is 1. The van der Waals surface area contributed by atoms with E-state index in [0.717, 1.165) is 54.5 Å². The predicted octanol–water partition coefficient (Wildman–Crippen LogP) is 6.46. The molecule has 4 aromatic rings. The van der Waals surface area contributed by atoms with Crippen molar-refractivity contribution >= 4 is 23.4 Å². The Morgan fingerprint density at radius 2 is 1.77 bits per heavy atom. The molecule has 0 bridgehead atoms. The Morgan fingerprint density at radius 1 is 1.00 bits per heavy atom. The predicted molar refractivity (Wildman–Crippen MR) is 160 cm³/mol. The van der Waals surface area contributed by atoms with Gasteiger partial charge in [-0.2, -0.15) is 0 Å². The van der Waals surface area contributed by atoms with Crippen molar-refractivity contribution in [3.05, 3.63) is 106 Å². The van der Waals surface area contributed by atoms with Crippen LogP contribution in [0, 0.1) is 0 Å². The van der Waals surface area contributed by atoms with Gasteiger partial charge < -0.3 is 10.1 Å². The molecule has 7 heteroatoms. The first kappa shape index (κ1) is 26.4. The van der Waals surface area contributed by atoms with Crippen molar-refractivity contribution in [3.63, 3.8) is 0 Å². The van der Waals surface area contributed by atoms with E-state index in [1.165, 1.54) is 23.7 Å². The van der Waals surface area contributed by atoms with E-state index in [4.69, 9.17) is 9.72 Å². The van der Waals surface area contributed by atoms with Crippen molar-refractivity contribution in [2.75, 3.05) is 18.2 Å². The molecule has 1 heterocycles. The smallest absolute Gasteiger partial charge is 0.258 e. The fraction of sp³-hybridized carbons (Fsp3) is 0.303. The first-order valence-electron chi connectivity index (χ1n) is 13.9. The molecule has 1 saturated carbocycles. The van der Waals surface area contributed by atoms with Gasteiger partial charge in [-0.05, 0) is 42.5 Å². The van der Waals surface area contributed by atoms with Crippen LogP contribution < -0.4 is 15.6 Å². The summed E-state index contributed by atoms with van der Waals surface area (Å²) in [6, 6.07) is 25.7. The highest BCUT2D eigenvalue weighted by molar-refractivity contribution is 7.99. The Bertz CT molecular complexity index is 1590. The van der Waals surface area contributed by atoms with Crippen LogP contribution in [0.1, 0.15) is 48.8 Å². The number of aromatic nitrogens is 2. The third-order valence-electron chi connectivity index (χ3n) is 8.15. The number of hydrogen-bond acceptors (Lipinski definition) is 5. The van der Waals surface area contributed by atoms with Crippen molar-refractivity contribution in [1.29, 1.82) is 0 Å². The minimum atomic E-state index is -0.183. The summed E-state index contributed by atoms with van der Waals surface area (Å²) < 4.78 is 7.07. The standard InChI is InChI=1S/C33H33N3O3S/c1-39-26-15-10-14-25(19-26)34-28(37)22-40-32-35-30-27-16-7-6-13-24(27)20-33(17-8-3-9-18-33)29(30)31(38)36(32)21-23-11-4-2-5-12-23/h2,4-7,10-16,19H,3,8-9,17-18,20-22H2,1H3,(H,34,37). The van der Waals surface area contributed by atoms with Gasteiger partial charge >= 0.3 is 0 Å². The molecule has 0 unspecified atom stereocenters. The molecule has 1 aromatic heterocycles. The van der Waals surface area contributed by atoms with Crippen LogP contribution in [0.2, 0.25) is 0 Å². The van der Waals surface area contributed by atoms with Crippen molar-refractivity contribution < 1.29 is 9.53 Å². The van der Waals surface area contributed by atoms with Crippen LogP contribution in [-0.2, 0) is 23.2 Å². The summed E-state index contributed by atoms with van der Waals surface area (Å²) in [5.74, 6) is 0.638. The van der Waals surface area contributed by atoms with Crippen molar-refractivity contribution in [2.45, 2.75) is 55.6 Å². The number of carbonyl (C=O) groups excluding carboxylic acids is 1. The lowest BCUT2D eigenvalue weighted by atomic mass is 9.62. The highest BCUT2D eigenvalue weighted by atomic mass is 32.2. The molecule has 2 aliphatic carbocycles. The Balaban J connectivity index is 1.41. The number of hydrogen-bond donors (Lipinski definition) is 1. The van der Waals surface area contributed by atoms with Crippen LogP contribution in [0.3, 0.4) is 0 Å². The molecule has 1 spiro atoms. The number of ether oxygens (including phenoxy) is 1. The molecule has 3 aromatic carbocycles. The maximum atomic E-state index is 14.5. The van der Waals surface area contributed by atoms with Crippen LogP contribution in [-0.4, -0.2) is 28.3 Å². The Morgan fingerprint density at radius 3 is 2.58 bits per heavy atom. The monoisotopic (exact) mass is 551 g/mol. The van der Waals surface area contributed by atoms with Gasteiger partial charge in [0.2, 0.25) is 5.91 Å². The van der Waals surface area contributed by atoms with E-state index in [1.54, 1.807) is 17.7 Å². The van der Waals surface area contributed by atoms with E-state index in [2.05, 4.69) is 23.5 Å². The minimum Gasteiger partial charge on any atom is -0.497 e. The minimum absolute atomic E-state index is 0.0287. The van der Waals surface area contributed by atoms with E-state index in [0.29, 0.717) is 23.1 Å². The van der Waals surface area contributed by atoms with Gasteiger partial charge in [0, 0.05) is 22.7 Å². The van der Waals surface area contributed by atoms with Crippen LogP contribution in [0.4, 0.5) is 5.69 Å². The highest BCUT2D eigenvalue weighted by Gasteiger charge is 2.43. The first-order valence-corrected chi connectivity index (χ1v) is 14.9. The number of fused-ring (bicyclic) bond motifs is 4. The topological polar surface area (TPSA) is 73.2 Å². The Labute approximate surface area is 238 Å². The largest absolute Gasteiger partial charge is 0.497 e. The van der Waals surface area contributed by atoms with E-state index >= 15 is 0 Å². The molecule has 6 rings (SSSR count). The fourth-order valence-electron chi connectivity index (χ4n) is 6.27. The van der Waals surface area contributed by atoms with Crippen LogP contribution in [0.25, 0.3) is 11.3 Å². The van der Waals surface area contributed by atoms with Crippen molar-refractivity contribution in [1.82, 2.24) is 9.55 Å². The fourth-order valence-corrected chi connectivity index (χ4v) is 7.06. The second-order valence-electron chi connectivity index (χ2n) is 10.7. The summed E-state index contributed by atoms with van der Waals surface area (Å²) in [5, 5.41) is 3.51. The maximum Gasteiger partial charge on any atom is 0.258 e. The number of carbonyl (C=O) groups is 1. The molecule has 1 N–H and O–H groups in total. The third kappa shape index (κ3) is 5.18. The summed E-state index contributed by atoms with van der Waals surface area (Å²) in [5.41, 5.74) is 5.51. The summed E-state index contributed by atoms with van der Waals surface area (Å²) in [6.07, 6.45) is 6.36. The van der Waals surface area contributed by atoms with Gasteiger partial charge in [0.25, 0.3) is 5.56 Å². The van der Waals surface area contributed by atoms with Gasteiger partial charge in [-0.3, -0.25) is 14.2 Å². The third-order valence-corrected chi connectivity index (χ3v) is 9.12. The van der Waals surface area contributed by atoms with Gasteiger partial charge in [0.1, 0.15) is 5.75 Å². The molecule has 1 fully saturated rings. The quantitative estimate of drug-likeness (QED) is 0.211. The molecule has 1 amide bonds. The molecular formula is C33H33N3O3S. The number of benzene rings is 3. The lowest BCUT2D eigenvalue weighted by Gasteiger charge is -2.42. The summed E-state index contributed by atoms with van der Waals surface area (Å²) >= 11 is 1.31. The number of anilines is 1. The number of methoxy groups -OCH3 is 1. The van der Waals surface area contributed by atoms with Gasteiger partial charge in [0.05, 0.1) is 30.7 Å². The summed E-state index contributed by atoms with van der Waals surface area (Å²) in [4.78, 5) is 32.7. The van der Waals surface area contributed by atoms with E-state index in [-0.39, 0.29) is 22.6 Å². The molecule has 0 atom stereocenters. The normalized spacial score (nSPS) is 15.2. The van der Waals surface area contributed by atoms with Crippen molar-refractivity contribution in [3.8, 4) is 17.0 Å². The average molecular weight is 552 g/mol. The molecule has 204 valence electrons. The zero-order valence-corrected chi connectivity index (χ0v) is 23.5. The molecule has 6 nitrogen and oxygen atoms in total. The number of nitrogens with zero attached hydrogens (tertiary/aromatic N) is 2. The summed E-state index contributed by atoms with van der Waals surface area (Å²) in [6.45, 7) is 0.414. The number of rotatable bonds is 7. The molecule has 2 aliphatic rings. The van der Waals surface area contributed by atoms with Crippen LogP contribution >= 0.6 is 11.8 Å². The van der Waals surface area contributed by atoms with Crippen LogP contribution in [0.15, 0.2) is 88.8 Å². The number of amides is 1. The molecular weight excluding hydrogens is 518 g/mol. The van der Waals surface area contributed by atoms with Gasteiger partial charge in [-0.1, -0.05) is 91.7 Å². The van der Waals surface area contributed by atoms with Gasteiger partial charge in [-0.25, -0.2) is 4.98 Å². The zero-order chi connectivity index (χ0) is 27.5. The van der Waals surface area contributed by atoms with E-state index in [1.807, 2.05) is 54.6 Å². The number of nitrogens with one attached hydrogen (secondary N) is 1. The SMILES string of the molecule is COc1cccc(NC(=O)CSc2nc3c(c(=O)n2Cc2ccccc2)C2(CCCCC2)Cc2ccccc2-3)c1. The Hall–Kier alpha value is -3.84. The zero-order valence-electron chi connectivity index (χ0n) is 22.7. The van der Waals surface area contributed by atoms with Crippen molar-refractivity contribution in [2.24, 2.45) is 0 Å². The average Bonchev–Trinajstić information content (AvgIpc) is 2.98. The molecule has 40 heavy (non-hydrogen) atoms. The maximum absolute atomic E-state index is 14.5. The van der Waals surface area contributed by atoms with Gasteiger partial charge in [0.15, 0.2) is 5.16 Å². The van der Waals surface area contributed by atoms with Gasteiger partial charge in [-0.15, -0.1) is 0 Å². The Kier molecular flexibility index (Phi) is 7.48. The molecule has 0 saturated heterocycles. The van der Waals surface area contributed by atoms with E-state index in [9.17, 15) is 9.59 Å². The lowest BCUT2D eigenvalue weighted by molar-refractivity contribution is -0.113. The lowest BCUT2D eigenvalue weighted by Crippen LogP contribution is -2.43. The first-order chi connectivity index (χ1) is 19.6. The second kappa shape index (κ2) is 11.3. The summed E-state index contributed by atoms with van der Waals surface area (Å²) in [7, 11) is 1.60. The molecule has 0 aliphatic heterocycles. The van der Waals surface area contributed by atoms with Crippen LogP contribution in [0.5, 0.6) is 5.75 Å². The van der Waals surface area contributed by atoms with E-state index < -0.39 is 0 Å². The second-order valence-corrected chi connectivity index (χ2v) is 11.7.